The second-order valence-electron chi connectivity index (χ2n) is 4.97. The molecule has 0 unspecified atom stereocenters. The van der Waals surface area contributed by atoms with Crippen molar-refractivity contribution in [1.29, 1.82) is 0 Å². The average molecular weight is 359 g/mol. The highest BCUT2D eigenvalue weighted by molar-refractivity contribution is 6.35. The molecule has 0 saturated carbocycles. The third kappa shape index (κ3) is 5.13. The fraction of sp³-hybridized carbons (Fsp3) is 0.312. The SMILES string of the molecule is O=C[C@H](O)[C@@H](O)[C@H](O)[C@H](O)CO.Oc1ccc(Cl)c2ccccc12. The summed E-state index contributed by atoms with van der Waals surface area (Å²) in [5.41, 5.74) is 0. The minimum atomic E-state index is -1.79. The number of halogens is 1. The van der Waals surface area contributed by atoms with Gasteiger partial charge in [-0.2, -0.15) is 0 Å². The van der Waals surface area contributed by atoms with Crippen LogP contribution in [0.15, 0.2) is 36.4 Å². The van der Waals surface area contributed by atoms with Crippen LogP contribution in [-0.2, 0) is 4.79 Å². The standard InChI is InChI=1S/C10H7ClO.C6H12O6/c11-9-5-6-10(12)8-4-2-1-3-7(8)9;7-1-3(9)5(11)6(12)4(10)2-8/h1-6,12H;1,3-6,8-12H,2H2/t;3-,4+,5+,6+/m.0/s1. The predicted molar refractivity (Wildman–Crippen MR) is 87.8 cm³/mol. The molecule has 0 aliphatic rings. The van der Waals surface area contributed by atoms with Crippen molar-refractivity contribution in [3.63, 3.8) is 0 Å². The van der Waals surface area contributed by atoms with Crippen LogP contribution in [0.3, 0.4) is 0 Å². The molecule has 0 bridgehead atoms. The molecule has 7 nitrogen and oxygen atoms in total. The third-order valence-electron chi connectivity index (χ3n) is 3.27. The summed E-state index contributed by atoms with van der Waals surface area (Å²) in [5, 5.41) is 55.3. The number of aliphatic hydroxyl groups is 5. The van der Waals surface area contributed by atoms with Gasteiger partial charge in [-0.05, 0) is 12.1 Å². The number of carbonyl (C=O) groups excluding carboxylic acids is 1. The molecule has 132 valence electrons. The summed E-state index contributed by atoms with van der Waals surface area (Å²) in [5.74, 6) is 0.273. The highest BCUT2D eigenvalue weighted by Crippen LogP contribution is 2.29. The van der Waals surface area contributed by atoms with Gasteiger partial charge in [-0.3, -0.25) is 0 Å². The van der Waals surface area contributed by atoms with Crippen molar-refractivity contribution < 1.29 is 35.4 Å². The van der Waals surface area contributed by atoms with Crippen molar-refractivity contribution in [2.75, 3.05) is 6.61 Å². The van der Waals surface area contributed by atoms with Crippen LogP contribution in [0.2, 0.25) is 5.02 Å². The van der Waals surface area contributed by atoms with E-state index in [1.807, 2.05) is 24.3 Å². The van der Waals surface area contributed by atoms with Gasteiger partial charge in [-0.1, -0.05) is 35.9 Å². The molecule has 0 aliphatic carbocycles. The molecule has 2 aromatic rings. The van der Waals surface area contributed by atoms with E-state index in [0.29, 0.717) is 5.02 Å². The molecule has 2 rings (SSSR count). The first-order valence-corrected chi connectivity index (χ1v) is 7.35. The summed E-state index contributed by atoms with van der Waals surface area (Å²) in [7, 11) is 0. The first-order chi connectivity index (χ1) is 11.3. The Hall–Kier alpha value is -1.74. The van der Waals surface area contributed by atoms with Crippen LogP contribution < -0.4 is 0 Å². The number of fused-ring (bicyclic) bond motifs is 1. The molecular formula is C16H19ClO7. The first-order valence-electron chi connectivity index (χ1n) is 6.98. The van der Waals surface area contributed by atoms with Gasteiger partial charge in [0.1, 0.15) is 30.2 Å². The lowest BCUT2D eigenvalue weighted by Crippen LogP contribution is -2.46. The van der Waals surface area contributed by atoms with E-state index in [9.17, 15) is 9.90 Å². The van der Waals surface area contributed by atoms with Crippen LogP contribution in [-0.4, -0.2) is 67.9 Å². The van der Waals surface area contributed by atoms with Crippen LogP contribution in [0.4, 0.5) is 0 Å². The Morgan fingerprint density at radius 2 is 1.54 bits per heavy atom. The van der Waals surface area contributed by atoms with Crippen LogP contribution in [0, 0.1) is 0 Å². The van der Waals surface area contributed by atoms with Gasteiger partial charge in [-0.15, -0.1) is 0 Å². The van der Waals surface area contributed by atoms with Gasteiger partial charge < -0.3 is 35.4 Å². The van der Waals surface area contributed by atoms with E-state index >= 15 is 0 Å². The first kappa shape index (κ1) is 20.3. The number of phenols is 1. The molecule has 24 heavy (non-hydrogen) atoms. The Kier molecular flexibility index (Phi) is 8.06. The quantitative estimate of drug-likeness (QED) is 0.408. The normalized spacial score (nSPS) is 15.8. The Morgan fingerprint density at radius 1 is 0.958 bits per heavy atom. The maximum atomic E-state index is 9.90. The van der Waals surface area contributed by atoms with Gasteiger partial charge in [0.2, 0.25) is 0 Å². The third-order valence-corrected chi connectivity index (χ3v) is 3.60. The van der Waals surface area contributed by atoms with Crippen LogP contribution in [0.25, 0.3) is 10.8 Å². The Morgan fingerprint density at radius 3 is 2.04 bits per heavy atom. The molecule has 2 aromatic carbocycles. The van der Waals surface area contributed by atoms with Crippen LogP contribution >= 0.6 is 11.6 Å². The Bertz CT molecular complexity index is 623. The maximum absolute atomic E-state index is 9.90. The number of aliphatic hydroxyl groups excluding tert-OH is 5. The van der Waals surface area contributed by atoms with E-state index in [1.165, 1.54) is 0 Å². The Balaban J connectivity index is 0.000000240. The van der Waals surface area contributed by atoms with E-state index < -0.39 is 31.0 Å². The van der Waals surface area contributed by atoms with E-state index in [2.05, 4.69) is 0 Å². The lowest BCUT2D eigenvalue weighted by molar-refractivity contribution is -0.136. The maximum Gasteiger partial charge on any atom is 0.151 e. The molecule has 6 N–H and O–H groups in total. The van der Waals surface area contributed by atoms with E-state index in [-0.39, 0.29) is 12.0 Å². The van der Waals surface area contributed by atoms with Gasteiger partial charge in [0.15, 0.2) is 6.29 Å². The second-order valence-corrected chi connectivity index (χ2v) is 5.38. The predicted octanol–water partition coefficient (Wildman–Crippen LogP) is -0.180. The minimum Gasteiger partial charge on any atom is -0.507 e. The summed E-state index contributed by atoms with van der Waals surface area (Å²) in [6.45, 7) is -0.760. The molecule has 0 radical (unpaired) electrons. The van der Waals surface area contributed by atoms with Crippen molar-refractivity contribution >= 4 is 28.7 Å². The van der Waals surface area contributed by atoms with Crippen LogP contribution in [0.1, 0.15) is 0 Å². The molecule has 0 spiro atoms. The molecule has 0 aromatic heterocycles. The van der Waals surface area contributed by atoms with E-state index in [0.717, 1.165) is 10.8 Å². The molecule has 0 heterocycles. The number of rotatable bonds is 5. The van der Waals surface area contributed by atoms with Gasteiger partial charge >= 0.3 is 0 Å². The van der Waals surface area contributed by atoms with Crippen molar-refractivity contribution in [2.45, 2.75) is 24.4 Å². The van der Waals surface area contributed by atoms with Crippen LogP contribution in [0.5, 0.6) is 5.75 Å². The fourth-order valence-electron chi connectivity index (χ4n) is 1.86. The summed E-state index contributed by atoms with van der Waals surface area (Å²) in [4.78, 5) is 9.90. The van der Waals surface area contributed by atoms with E-state index in [4.69, 9.17) is 37.1 Å². The average Bonchev–Trinajstić information content (AvgIpc) is 2.62. The zero-order valence-corrected chi connectivity index (χ0v) is 13.3. The zero-order valence-electron chi connectivity index (χ0n) is 12.5. The number of aldehydes is 1. The molecule has 0 amide bonds. The molecule has 0 fully saturated rings. The zero-order chi connectivity index (χ0) is 18.3. The van der Waals surface area contributed by atoms with Gasteiger partial charge in [-0.25, -0.2) is 0 Å². The largest absolute Gasteiger partial charge is 0.507 e. The monoisotopic (exact) mass is 358 g/mol. The van der Waals surface area contributed by atoms with Gasteiger partial charge in [0.25, 0.3) is 0 Å². The highest BCUT2D eigenvalue weighted by atomic mass is 35.5. The van der Waals surface area contributed by atoms with E-state index in [1.54, 1.807) is 12.1 Å². The lowest BCUT2D eigenvalue weighted by atomic mass is 10.0. The molecule has 0 aliphatic heterocycles. The summed E-state index contributed by atoms with van der Waals surface area (Å²) >= 11 is 5.92. The highest BCUT2D eigenvalue weighted by Gasteiger charge is 2.29. The number of phenolic OH excluding ortho intramolecular Hbond substituents is 1. The Labute approximate surface area is 143 Å². The molecule has 4 atom stereocenters. The number of benzene rings is 2. The lowest BCUT2D eigenvalue weighted by Gasteiger charge is -2.22. The fourth-order valence-corrected chi connectivity index (χ4v) is 2.09. The topological polar surface area (TPSA) is 138 Å². The van der Waals surface area contributed by atoms with Gasteiger partial charge in [0.05, 0.1) is 6.61 Å². The molecule has 0 saturated heterocycles. The number of aromatic hydroxyl groups is 1. The number of hydrogen-bond acceptors (Lipinski definition) is 7. The smallest absolute Gasteiger partial charge is 0.151 e. The van der Waals surface area contributed by atoms with Gasteiger partial charge in [0, 0.05) is 15.8 Å². The van der Waals surface area contributed by atoms with Crippen molar-refractivity contribution in [2.24, 2.45) is 0 Å². The summed E-state index contributed by atoms with van der Waals surface area (Å²) in [6.07, 6.45) is -6.84. The second kappa shape index (κ2) is 9.53. The van der Waals surface area contributed by atoms with Crippen molar-refractivity contribution in [3.8, 4) is 5.75 Å². The molecular weight excluding hydrogens is 340 g/mol. The number of hydrogen-bond donors (Lipinski definition) is 6. The van der Waals surface area contributed by atoms with Crippen molar-refractivity contribution in [3.05, 3.63) is 41.4 Å². The summed E-state index contributed by atoms with van der Waals surface area (Å²) in [6, 6.07) is 10.8. The minimum absolute atomic E-state index is 0.0258. The molecule has 8 heteroatoms. The summed E-state index contributed by atoms with van der Waals surface area (Å²) < 4.78 is 0. The van der Waals surface area contributed by atoms with Crippen molar-refractivity contribution in [1.82, 2.24) is 0 Å². The number of carbonyl (C=O) groups is 1.